The van der Waals surface area contributed by atoms with E-state index in [1.54, 1.807) is 0 Å². The van der Waals surface area contributed by atoms with Crippen molar-refractivity contribution >= 4 is 28.9 Å². The average Bonchev–Trinajstić information content (AvgIpc) is 3.22. The largest absolute Gasteiger partial charge is 0.378 e. The summed E-state index contributed by atoms with van der Waals surface area (Å²) in [4.78, 5) is 17.2. The number of benzene rings is 2. The van der Waals surface area contributed by atoms with Gasteiger partial charge in [0.15, 0.2) is 0 Å². The quantitative estimate of drug-likeness (QED) is 0.765. The number of carbonyl (C=O) groups excluding carboxylic acids is 1. The molecule has 2 fully saturated rings. The molecule has 154 valence electrons. The molecular formula is C23H28ClN3O2. The standard InChI is InChI=1S/C23H28ClN3O2/c24-21-5-2-1-4-20(21)22-6-3-12-27(22)13-11-23(28)25-18-7-9-19(10-8-18)26-14-16-29-17-15-26/h1-2,4-5,7-10,22H,3,6,11-17H2,(H,25,28). The van der Waals surface area contributed by atoms with Crippen LogP contribution >= 0.6 is 11.6 Å². The molecule has 29 heavy (non-hydrogen) atoms. The Morgan fingerprint density at radius 2 is 1.83 bits per heavy atom. The molecule has 1 atom stereocenters. The summed E-state index contributed by atoms with van der Waals surface area (Å²) >= 11 is 6.39. The third-order valence-electron chi connectivity index (χ3n) is 5.78. The highest BCUT2D eigenvalue weighted by molar-refractivity contribution is 6.31. The van der Waals surface area contributed by atoms with E-state index in [9.17, 15) is 4.79 Å². The Morgan fingerprint density at radius 3 is 2.59 bits per heavy atom. The summed E-state index contributed by atoms with van der Waals surface area (Å²) in [5.74, 6) is 0.0499. The zero-order valence-corrected chi connectivity index (χ0v) is 17.4. The van der Waals surface area contributed by atoms with Crippen molar-refractivity contribution < 1.29 is 9.53 Å². The van der Waals surface area contributed by atoms with Crippen molar-refractivity contribution in [2.75, 3.05) is 49.6 Å². The highest BCUT2D eigenvalue weighted by atomic mass is 35.5. The van der Waals surface area contributed by atoms with E-state index in [1.807, 2.05) is 30.3 Å². The molecule has 2 aliphatic heterocycles. The van der Waals surface area contributed by atoms with Crippen molar-refractivity contribution in [1.29, 1.82) is 0 Å². The molecule has 1 unspecified atom stereocenters. The maximum absolute atomic E-state index is 12.5. The van der Waals surface area contributed by atoms with E-state index in [0.29, 0.717) is 12.5 Å². The fraction of sp³-hybridized carbons (Fsp3) is 0.435. The molecule has 2 aromatic carbocycles. The van der Waals surface area contributed by atoms with Gasteiger partial charge in [-0.3, -0.25) is 9.69 Å². The molecule has 0 aliphatic carbocycles. The van der Waals surface area contributed by atoms with Crippen LogP contribution in [-0.4, -0.2) is 50.2 Å². The van der Waals surface area contributed by atoms with Gasteiger partial charge in [0.25, 0.3) is 0 Å². The minimum Gasteiger partial charge on any atom is -0.378 e. The fourth-order valence-electron chi connectivity index (χ4n) is 4.24. The highest BCUT2D eigenvalue weighted by Gasteiger charge is 2.27. The van der Waals surface area contributed by atoms with Crippen LogP contribution in [0, 0.1) is 0 Å². The molecule has 0 radical (unpaired) electrons. The Morgan fingerprint density at radius 1 is 1.07 bits per heavy atom. The number of anilines is 2. The summed E-state index contributed by atoms with van der Waals surface area (Å²) in [5, 5.41) is 3.84. The number of hydrogen-bond acceptors (Lipinski definition) is 4. The predicted octanol–water partition coefficient (Wildman–Crippen LogP) is 4.34. The highest BCUT2D eigenvalue weighted by Crippen LogP contribution is 2.35. The summed E-state index contributed by atoms with van der Waals surface area (Å²) in [6.07, 6.45) is 2.71. The molecule has 2 heterocycles. The minimum absolute atomic E-state index is 0.0499. The second-order valence-corrected chi connectivity index (χ2v) is 8.07. The molecule has 0 spiro atoms. The molecule has 4 rings (SSSR count). The number of likely N-dealkylation sites (tertiary alicyclic amines) is 1. The third kappa shape index (κ3) is 5.10. The number of amides is 1. The Labute approximate surface area is 177 Å². The lowest BCUT2D eigenvalue weighted by molar-refractivity contribution is -0.116. The molecule has 5 nitrogen and oxygen atoms in total. The summed E-state index contributed by atoms with van der Waals surface area (Å²) in [7, 11) is 0. The fourth-order valence-corrected chi connectivity index (χ4v) is 4.50. The SMILES string of the molecule is O=C(CCN1CCCC1c1ccccc1Cl)Nc1ccc(N2CCOCC2)cc1. The maximum Gasteiger partial charge on any atom is 0.225 e. The van der Waals surface area contributed by atoms with Crippen molar-refractivity contribution in [3.05, 3.63) is 59.1 Å². The lowest BCUT2D eigenvalue weighted by Crippen LogP contribution is -2.36. The Bertz CT molecular complexity index is 821. The molecule has 1 amide bonds. The van der Waals surface area contributed by atoms with Crippen LogP contribution in [0.1, 0.15) is 30.9 Å². The zero-order chi connectivity index (χ0) is 20.1. The van der Waals surface area contributed by atoms with Gasteiger partial charge in [0.2, 0.25) is 5.91 Å². The molecule has 0 saturated carbocycles. The lowest BCUT2D eigenvalue weighted by atomic mass is 10.0. The number of hydrogen-bond donors (Lipinski definition) is 1. The first-order chi connectivity index (χ1) is 14.2. The molecule has 0 bridgehead atoms. The summed E-state index contributed by atoms with van der Waals surface area (Å²) in [5.41, 5.74) is 3.19. The van der Waals surface area contributed by atoms with Crippen LogP contribution in [-0.2, 0) is 9.53 Å². The number of halogens is 1. The van der Waals surface area contributed by atoms with Gasteiger partial charge in [-0.05, 0) is 55.3 Å². The Hall–Kier alpha value is -2.08. The first-order valence-corrected chi connectivity index (χ1v) is 10.8. The topological polar surface area (TPSA) is 44.8 Å². The molecule has 2 aromatic rings. The van der Waals surface area contributed by atoms with Crippen molar-refractivity contribution in [3.63, 3.8) is 0 Å². The van der Waals surface area contributed by atoms with Crippen LogP contribution in [0.2, 0.25) is 5.02 Å². The molecule has 6 heteroatoms. The minimum atomic E-state index is 0.0499. The zero-order valence-electron chi connectivity index (χ0n) is 16.6. The van der Waals surface area contributed by atoms with Gasteiger partial charge in [0.1, 0.15) is 0 Å². The number of ether oxygens (including phenoxy) is 1. The van der Waals surface area contributed by atoms with Crippen LogP contribution in [0.15, 0.2) is 48.5 Å². The van der Waals surface area contributed by atoms with E-state index < -0.39 is 0 Å². The Balaban J connectivity index is 1.29. The van der Waals surface area contributed by atoms with E-state index >= 15 is 0 Å². The number of nitrogens with zero attached hydrogens (tertiary/aromatic N) is 2. The van der Waals surface area contributed by atoms with Crippen molar-refractivity contribution in [2.45, 2.75) is 25.3 Å². The average molecular weight is 414 g/mol. The van der Waals surface area contributed by atoms with Crippen molar-refractivity contribution in [1.82, 2.24) is 4.90 Å². The second kappa shape index (κ2) is 9.61. The van der Waals surface area contributed by atoms with E-state index in [1.165, 1.54) is 11.3 Å². The van der Waals surface area contributed by atoms with Gasteiger partial charge in [-0.1, -0.05) is 29.8 Å². The van der Waals surface area contributed by atoms with Gasteiger partial charge in [-0.2, -0.15) is 0 Å². The van der Waals surface area contributed by atoms with Gasteiger partial charge in [0.05, 0.1) is 13.2 Å². The Kier molecular flexibility index (Phi) is 6.70. The van der Waals surface area contributed by atoms with Crippen molar-refractivity contribution in [3.8, 4) is 0 Å². The van der Waals surface area contributed by atoms with Crippen LogP contribution in [0.3, 0.4) is 0 Å². The number of morpholine rings is 1. The number of nitrogens with one attached hydrogen (secondary N) is 1. The second-order valence-electron chi connectivity index (χ2n) is 7.66. The van der Waals surface area contributed by atoms with Gasteiger partial charge >= 0.3 is 0 Å². The number of carbonyl (C=O) groups is 1. The normalized spacial score (nSPS) is 20.0. The maximum atomic E-state index is 12.5. The van der Waals surface area contributed by atoms with Crippen LogP contribution in [0.5, 0.6) is 0 Å². The van der Waals surface area contributed by atoms with Crippen LogP contribution in [0.25, 0.3) is 0 Å². The van der Waals surface area contributed by atoms with E-state index in [2.05, 4.69) is 33.3 Å². The smallest absolute Gasteiger partial charge is 0.225 e. The predicted molar refractivity (Wildman–Crippen MR) is 118 cm³/mol. The van der Waals surface area contributed by atoms with E-state index in [4.69, 9.17) is 16.3 Å². The van der Waals surface area contributed by atoms with Gasteiger partial charge < -0.3 is 15.0 Å². The first-order valence-electron chi connectivity index (χ1n) is 10.4. The molecule has 2 aliphatic rings. The monoisotopic (exact) mass is 413 g/mol. The van der Waals surface area contributed by atoms with E-state index in [-0.39, 0.29) is 5.91 Å². The van der Waals surface area contributed by atoms with Crippen LogP contribution < -0.4 is 10.2 Å². The van der Waals surface area contributed by atoms with Gasteiger partial charge in [-0.25, -0.2) is 0 Å². The van der Waals surface area contributed by atoms with Crippen LogP contribution in [0.4, 0.5) is 11.4 Å². The summed E-state index contributed by atoms with van der Waals surface area (Å²) < 4.78 is 5.40. The van der Waals surface area contributed by atoms with E-state index in [0.717, 1.165) is 62.9 Å². The van der Waals surface area contributed by atoms with Gasteiger partial charge in [0, 0.05) is 48.5 Å². The summed E-state index contributed by atoms with van der Waals surface area (Å²) in [6.45, 7) is 5.11. The summed E-state index contributed by atoms with van der Waals surface area (Å²) in [6, 6.07) is 16.4. The lowest BCUT2D eigenvalue weighted by Gasteiger charge is -2.29. The molecular weight excluding hydrogens is 386 g/mol. The molecule has 2 saturated heterocycles. The van der Waals surface area contributed by atoms with Gasteiger partial charge in [-0.15, -0.1) is 0 Å². The third-order valence-corrected chi connectivity index (χ3v) is 6.13. The molecule has 1 N–H and O–H groups in total. The van der Waals surface area contributed by atoms with Crippen molar-refractivity contribution in [2.24, 2.45) is 0 Å². The molecule has 0 aromatic heterocycles. The number of rotatable bonds is 6. The first kappa shape index (κ1) is 20.2.